The average Bonchev–Trinajstić information content (AvgIpc) is 3.49. The Balaban J connectivity index is 1.66. The minimum absolute atomic E-state index is 0.195. The SMILES string of the molecule is CCN(CC)CCN(C(=O)C1CCCN1S(=O)(=O)c1ccc(C)cc1)c1nc2ccccc2s1. The van der Waals surface area contributed by atoms with E-state index in [4.69, 9.17) is 4.98 Å². The summed E-state index contributed by atoms with van der Waals surface area (Å²) < 4.78 is 29.3. The third kappa shape index (κ3) is 5.02. The number of amides is 1. The van der Waals surface area contributed by atoms with Crippen molar-refractivity contribution in [3.8, 4) is 0 Å². The van der Waals surface area contributed by atoms with E-state index >= 15 is 0 Å². The largest absolute Gasteiger partial charge is 0.302 e. The van der Waals surface area contributed by atoms with E-state index in [1.165, 1.54) is 15.6 Å². The maximum atomic E-state index is 13.9. The fraction of sp³-hybridized carbons (Fsp3) is 0.440. The topological polar surface area (TPSA) is 73.8 Å². The molecule has 0 bridgehead atoms. The molecule has 2 aromatic carbocycles. The van der Waals surface area contributed by atoms with Crippen molar-refractivity contribution in [3.63, 3.8) is 0 Å². The molecule has 34 heavy (non-hydrogen) atoms. The van der Waals surface area contributed by atoms with Gasteiger partial charge in [-0.05, 0) is 57.1 Å². The molecule has 1 unspecified atom stereocenters. The number of thiazole rings is 1. The molecule has 0 N–H and O–H groups in total. The van der Waals surface area contributed by atoms with Crippen molar-refractivity contribution in [2.45, 2.75) is 44.6 Å². The van der Waals surface area contributed by atoms with Crippen LogP contribution in [0, 0.1) is 6.92 Å². The maximum absolute atomic E-state index is 13.9. The molecule has 1 aliphatic rings. The number of carbonyl (C=O) groups is 1. The minimum Gasteiger partial charge on any atom is -0.302 e. The van der Waals surface area contributed by atoms with Gasteiger partial charge in [0.05, 0.1) is 15.1 Å². The van der Waals surface area contributed by atoms with E-state index in [-0.39, 0.29) is 10.8 Å². The number of fused-ring (bicyclic) bond motifs is 1. The molecule has 0 spiro atoms. The van der Waals surface area contributed by atoms with Crippen molar-refractivity contribution in [1.29, 1.82) is 0 Å². The third-order valence-corrected chi connectivity index (χ3v) is 9.41. The second kappa shape index (κ2) is 10.5. The third-order valence-electron chi connectivity index (χ3n) is 6.43. The molecule has 1 fully saturated rings. The molecule has 1 aliphatic heterocycles. The highest BCUT2D eigenvalue weighted by Gasteiger charge is 2.42. The molecule has 9 heteroatoms. The van der Waals surface area contributed by atoms with Gasteiger partial charge in [-0.25, -0.2) is 13.4 Å². The van der Waals surface area contributed by atoms with Crippen LogP contribution >= 0.6 is 11.3 Å². The summed E-state index contributed by atoms with van der Waals surface area (Å²) in [6.45, 7) is 9.40. The Morgan fingerprint density at radius 2 is 1.79 bits per heavy atom. The van der Waals surface area contributed by atoms with E-state index in [9.17, 15) is 13.2 Å². The first-order valence-electron chi connectivity index (χ1n) is 11.8. The molecular formula is C25H32N4O3S2. The zero-order valence-electron chi connectivity index (χ0n) is 20.0. The Hall–Kier alpha value is -2.33. The summed E-state index contributed by atoms with van der Waals surface area (Å²) in [5.74, 6) is -0.195. The number of rotatable bonds is 9. The van der Waals surface area contributed by atoms with Crippen molar-refractivity contribution in [3.05, 3.63) is 54.1 Å². The minimum atomic E-state index is -3.77. The van der Waals surface area contributed by atoms with E-state index in [1.54, 1.807) is 29.2 Å². The van der Waals surface area contributed by atoms with E-state index in [0.29, 0.717) is 37.6 Å². The molecule has 0 saturated carbocycles. The second-order valence-corrected chi connectivity index (χ2v) is 11.5. The molecule has 7 nitrogen and oxygen atoms in total. The number of carbonyl (C=O) groups excluding carboxylic acids is 1. The van der Waals surface area contributed by atoms with Crippen molar-refractivity contribution >= 4 is 42.6 Å². The molecule has 0 aliphatic carbocycles. The number of nitrogens with zero attached hydrogens (tertiary/aromatic N) is 4. The lowest BCUT2D eigenvalue weighted by atomic mass is 10.2. The standard InChI is InChI=1S/C25H32N4O3S2/c1-4-27(5-2)17-18-28(25-26-21-9-6-7-11-23(21)33-25)24(30)22-10-8-16-29(22)34(31,32)20-14-12-19(3)13-15-20/h6-7,9,11-15,22H,4-5,8,10,16-18H2,1-3H3. The van der Waals surface area contributed by atoms with Crippen molar-refractivity contribution in [2.24, 2.45) is 0 Å². The van der Waals surface area contributed by atoms with Crippen LogP contribution in [0.15, 0.2) is 53.4 Å². The van der Waals surface area contributed by atoms with E-state index in [2.05, 4.69) is 18.7 Å². The molecular weight excluding hydrogens is 468 g/mol. The zero-order chi connectivity index (χ0) is 24.3. The van der Waals surface area contributed by atoms with Gasteiger partial charge in [-0.15, -0.1) is 0 Å². The van der Waals surface area contributed by atoms with E-state index in [0.717, 1.165) is 28.9 Å². The van der Waals surface area contributed by atoms with Crippen LogP contribution in [-0.4, -0.2) is 67.3 Å². The number of benzene rings is 2. The highest BCUT2D eigenvalue weighted by Crippen LogP contribution is 2.32. The Kier molecular flexibility index (Phi) is 7.67. The highest BCUT2D eigenvalue weighted by atomic mass is 32.2. The fourth-order valence-corrected chi connectivity index (χ4v) is 7.00. The quantitative estimate of drug-likeness (QED) is 0.442. The van der Waals surface area contributed by atoms with Gasteiger partial charge >= 0.3 is 0 Å². The van der Waals surface area contributed by atoms with Crippen LogP contribution in [0.5, 0.6) is 0 Å². The predicted molar refractivity (Wildman–Crippen MR) is 138 cm³/mol. The first-order chi connectivity index (χ1) is 16.3. The molecule has 1 aromatic heterocycles. The van der Waals surface area contributed by atoms with Gasteiger partial charge in [0.1, 0.15) is 6.04 Å². The van der Waals surface area contributed by atoms with E-state index in [1.807, 2.05) is 31.2 Å². The first-order valence-corrected chi connectivity index (χ1v) is 14.1. The fourth-order valence-electron chi connectivity index (χ4n) is 4.36. The smallest absolute Gasteiger partial charge is 0.247 e. The van der Waals surface area contributed by atoms with Gasteiger partial charge in [-0.1, -0.05) is 55.0 Å². The van der Waals surface area contributed by atoms with Gasteiger partial charge in [-0.3, -0.25) is 9.69 Å². The molecule has 1 saturated heterocycles. The van der Waals surface area contributed by atoms with Gasteiger partial charge in [-0.2, -0.15) is 4.31 Å². The number of hydrogen-bond acceptors (Lipinski definition) is 6. The summed E-state index contributed by atoms with van der Waals surface area (Å²) in [6.07, 6.45) is 1.17. The van der Waals surface area contributed by atoms with Crippen LogP contribution in [0.1, 0.15) is 32.3 Å². The van der Waals surface area contributed by atoms with Crippen molar-refractivity contribution in [2.75, 3.05) is 37.6 Å². The number of likely N-dealkylation sites (N-methyl/N-ethyl adjacent to an activating group) is 1. The molecule has 4 rings (SSSR count). The summed E-state index contributed by atoms with van der Waals surface area (Å²) in [5, 5.41) is 0.623. The molecule has 3 aromatic rings. The Morgan fingerprint density at radius 3 is 2.47 bits per heavy atom. The van der Waals surface area contributed by atoms with Crippen LogP contribution in [0.25, 0.3) is 10.2 Å². The summed E-state index contributed by atoms with van der Waals surface area (Å²) >= 11 is 1.47. The Bertz CT molecular complexity index is 1200. The van der Waals surface area contributed by atoms with Crippen LogP contribution in [-0.2, 0) is 14.8 Å². The van der Waals surface area contributed by atoms with Crippen LogP contribution in [0.4, 0.5) is 5.13 Å². The lowest BCUT2D eigenvalue weighted by molar-refractivity contribution is -0.121. The number of para-hydroxylation sites is 1. The van der Waals surface area contributed by atoms with Crippen LogP contribution in [0.3, 0.4) is 0 Å². The number of aromatic nitrogens is 1. The summed E-state index contributed by atoms with van der Waals surface area (Å²) in [6, 6.07) is 13.9. The zero-order valence-corrected chi connectivity index (χ0v) is 21.6. The van der Waals surface area contributed by atoms with Crippen LogP contribution < -0.4 is 4.90 Å². The normalized spacial score (nSPS) is 17.0. The number of aryl methyl sites for hydroxylation is 1. The van der Waals surface area contributed by atoms with Gasteiger partial charge in [0.15, 0.2) is 5.13 Å². The Morgan fingerprint density at radius 1 is 1.09 bits per heavy atom. The Labute approximate surface area is 206 Å². The lowest BCUT2D eigenvalue weighted by Gasteiger charge is -2.30. The summed E-state index contributed by atoms with van der Waals surface area (Å²) in [5.41, 5.74) is 1.84. The summed E-state index contributed by atoms with van der Waals surface area (Å²) in [4.78, 5) is 22.8. The molecule has 2 heterocycles. The molecule has 1 amide bonds. The lowest BCUT2D eigenvalue weighted by Crippen LogP contribution is -2.49. The number of anilines is 1. The monoisotopic (exact) mass is 500 g/mol. The van der Waals surface area contributed by atoms with E-state index < -0.39 is 16.1 Å². The van der Waals surface area contributed by atoms with Crippen molar-refractivity contribution < 1.29 is 13.2 Å². The molecule has 0 radical (unpaired) electrons. The predicted octanol–water partition coefficient (Wildman–Crippen LogP) is 4.13. The number of sulfonamides is 1. The van der Waals surface area contributed by atoms with Gasteiger partial charge < -0.3 is 4.90 Å². The first kappa shape index (κ1) is 24.8. The van der Waals surface area contributed by atoms with Crippen molar-refractivity contribution in [1.82, 2.24) is 14.2 Å². The molecule has 182 valence electrons. The highest BCUT2D eigenvalue weighted by molar-refractivity contribution is 7.89. The van der Waals surface area contributed by atoms with Gasteiger partial charge in [0, 0.05) is 19.6 Å². The second-order valence-electron chi connectivity index (χ2n) is 8.57. The van der Waals surface area contributed by atoms with Crippen LogP contribution in [0.2, 0.25) is 0 Å². The number of hydrogen-bond donors (Lipinski definition) is 0. The van der Waals surface area contributed by atoms with Gasteiger partial charge in [0.2, 0.25) is 15.9 Å². The molecule has 1 atom stereocenters. The average molecular weight is 501 g/mol. The van der Waals surface area contributed by atoms with Gasteiger partial charge in [0.25, 0.3) is 0 Å². The maximum Gasteiger partial charge on any atom is 0.247 e. The summed E-state index contributed by atoms with van der Waals surface area (Å²) in [7, 11) is -3.77.